The lowest BCUT2D eigenvalue weighted by atomic mass is 10.2. The zero-order valence-electron chi connectivity index (χ0n) is 11.1. The molecule has 2 unspecified atom stereocenters. The van der Waals surface area contributed by atoms with E-state index in [0.717, 1.165) is 35.2 Å². The third kappa shape index (κ3) is 5.63. The van der Waals surface area contributed by atoms with Gasteiger partial charge in [0.1, 0.15) is 0 Å². The van der Waals surface area contributed by atoms with Gasteiger partial charge in [-0.1, -0.05) is 42.3 Å². The number of hydrogen-bond acceptors (Lipinski definition) is 2. The maximum absolute atomic E-state index is 12.3. The summed E-state index contributed by atoms with van der Waals surface area (Å²) in [6.45, 7) is 5.32. The lowest BCUT2D eigenvalue weighted by Gasteiger charge is -2.17. The van der Waals surface area contributed by atoms with Crippen molar-refractivity contribution in [2.75, 3.05) is 12.3 Å². The van der Waals surface area contributed by atoms with Gasteiger partial charge >= 0.3 is 0 Å². The monoisotopic (exact) mass is 331 g/mol. The summed E-state index contributed by atoms with van der Waals surface area (Å²) < 4.78 is 13.3. The topological polar surface area (TPSA) is 29.1 Å². The van der Waals surface area contributed by atoms with Crippen LogP contribution in [0.2, 0.25) is 0 Å². The largest absolute Gasteiger partial charge is 0.313 e. The molecule has 18 heavy (non-hydrogen) atoms. The third-order valence-corrected chi connectivity index (χ3v) is 4.71. The van der Waals surface area contributed by atoms with E-state index in [9.17, 15) is 4.21 Å². The van der Waals surface area contributed by atoms with Gasteiger partial charge in [0.25, 0.3) is 0 Å². The molecule has 4 heteroatoms. The second kappa shape index (κ2) is 8.83. The van der Waals surface area contributed by atoms with Crippen molar-refractivity contribution in [1.29, 1.82) is 0 Å². The number of rotatable bonds is 8. The maximum Gasteiger partial charge on any atom is 0.0545 e. The van der Waals surface area contributed by atoms with E-state index in [2.05, 4.69) is 35.1 Å². The zero-order chi connectivity index (χ0) is 13.4. The van der Waals surface area contributed by atoms with Crippen molar-refractivity contribution in [3.8, 4) is 0 Å². The quantitative estimate of drug-likeness (QED) is 0.786. The molecule has 0 radical (unpaired) electrons. The fraction of sp³-hybridized carbons (Fsp3) is 0.571. The lowest BCUT2D eigenvalue weighted by Crippen LogP contribution is -2.34. The molecule has 0 aliphatic carbocycles. The highest BCUT2D eigenvalue weighted by Gasteiger charge is 2.12. The summed E-state index contributed by atoms with van der Waals surface area (Å²) in [5.41, 5.74) is 0. The maximum atomic E-state index is 12.3. The van der Waals surface area contributed by atoms with Crippen molar-refractivity contribution in [2.45, 2.75) is 44.0 Å². The van der Waals surface area contributed by atoms with Gasteiger partial charge in [0.2, 0.25) is 0 Å². The highest BCUT2D eigenvalue weighted by atomic mass is 79.9. The van der Waals surface area contributed by atoms with Crippen molar-refractivity contribution >= 4 is 26.7 Å². The number of hydrogen-bond donors (Lipinski definition) is 1. The van der Waals surface area contributed by atoms with Gasteiger partial charge in [0, 0.05) is 21.2 Å². The first-order chi connectivity index (χ1) is 8.67. The van der Waals surface area contributed by atoms with Crippen LogP contribution in [0.15, 0.2) is 33.6 Å². The molecule has 0 aromatic heterocycles. The fourth-order valence-corrected chi connectivity index (χ4v) is 3.71. The summed E-state index contributed by atoms with van der Waals surface area (Å²) in [4.78, 5) is 0.906. The van der Waals surface area contributed by atoms with Crippen molar-refractivity contribution in [3.63, 3.8) is 0 Å². The highest BCUT2D eigenvalue weighted by Crippen LogP contribution is 2.16. The molecule has 0 amide bonds. The van der Waals surface area contributed by atoms with Crippen molar-refractivity contribution in [1.82, 2.24) is 5.32 Å². The van der Waals surface area contributed by atoms with Gasteiger partial charge in [-0.15, -0.1) is 0 Å². The van der Waals surface area contributed by atoms with Crippen molar-refractivity contribution in [2.24, 2.45) is 0 Å². The normalized spacial score (nSPS) is 14.4. The van der Waals surface area contributed by atoms with E-state index in [1.54, 1.807) is 0 Å². The van der Waals surface area contributed by atoms with Gasteiger partial charge in [-0.2, -0.15) is 0 Å². The molecule has 0 aliphatic heterocycles. The first-order valence-electron chi connectivity index (χ1n) is 6.54. The summed E-state index contributed by atoms with van der Waals surface area (Å²) >= 11 is 3.42. The van der Waals surface area contributed by atoms with Crippen LogP contribution in [0.4, 0.5) is 0 Å². The van der Waals surface area contributed by atoms with Gasteiger partial charge in [-0.25, -0.2) is 0 Å². The van der Waals surface area contributed by atoms with Gasteiger partial charge in [0.15, 0.2) is 0 Å². The Morgan fingerprint density at radius 2 is 2.11 bits per heavy atom. The van der Waals surface area contributed by atoms with Crippen molar-refractivity contribution < 1.29 is 4.21 Å². The summed E-state index contributed by atoms with van der Waals surface area (Å²) in [5, 5.41) is 3.48. The Morgan fingerprint density at radius 3 is 2.72 bits per heavy atom. The first kappa shape index (κ1) is 15.9. The van der Waals surface area contributed by atoms with Crippen LogP contribution in [0.5, 0.6) is 0 Å². The van der Waals surface area contributed by atoms with Crippen LogP contribution in [0.3, 0.4) is 0 Å². The minimum absolute atomic E-state index is 0.356. The number of halogens is 1. The molecular weight excluding hydrogens is 310 g/mol. The second-order valence-corrected chi connectivity index (χ2v) is 6.82. The summed E-state index contributed by atoms with van der Waals surface area (Å²) in [6.07, 6.45) is 3.32. The Bertz CT molecular complexity index is 384. The molecule has 0 saturated heterocycles. The molecule has 1 N–H and O–H groups in total. The molecule has 1 rings (SSSR count). The van der Waals surface area contributed by atoms with Crippen LogP contribution in [-0.4, -0.2) is 22.5 Å². The van der Waals surface area contributed by atoms with Gasteiger partial charge < -0.3 is 5.32 Å². The zero-order valence-corrected chi connectivity index (χ0v) is 13.5. The molecule has 1 aromatic carbocycles. The Balaban J connectivity index is 2.59. The van der Waals surface area contributed by atoms with Crippen LogP contribution in [0.25, 0.3) is 0 Å². The molecule has 2 nitrogen and oxygen atoms in total. The standard InChI is InChI=1S/C14H22BrNOS/c1-3-6-13(16-9-4-2)11-18(17)14-8-5-7-12(15)10-14/h5,7-8,10,13,16H,3-4,6,9,11H2,1-2H3. The summed E-state index contributed by atoms with van der Waals surface area (Å²) in [6, 6.07) is 8.13. The molecule has 0 aliphatic rings. The smallest absolute Gasteiger partial charge is 0.0545 e. The van der Waals surface area contributed by atoms with E-state index in [4.69, 9.17) is 0 Å². The summed E-state index contributed by atoms with van der Waals surface area (Å²) in [5.74, 6) is 0.699. The van der Waals surface area contributed by atoms with E-state index >= 15 is 0 Å². The predicted molar refractivity (Wildman–Crippen MR) is 82.4 cm³/mol. The fourth-order valence-electron chi connectivity index (χ4n) is 1.83. The van der Waals surface area contributed by atoms with Gasteiger partial charge in [-0.05, 0) is 37.6 Å². The average Bonchev–Trinajstić information content (AvgIpc) is 2.36. The third-order valence-electron chi connectivity index (χ3n) is 2.73. The lowest BCUT2D eigenvalue weighted by molar-refractivity contribution is 0.510. The van der Waals surface area contributed by atoms with Crippen LogP contribution < -0.4 is 5.32 Å². The molecule has 0 heterocycles. The van der Waals surface area contributed by atoms with E-state index in [1.165, 1.54) is 0 Å². The van der Waals surface area contributed by atoms with E-state index in [0.29, 0.717) is 11.8 Å². The van der Waals surface area contributed by atoms with E-state index in [-0.39, 0.29) is 0 Å². The SMILES string of the molecule is CCCNC(CCC)CS(=O)c1cccc(Br)c1. The molecule has 102 valence electrons. The minimum atomic E-state index is -0.921. The minimum Gasteiger partial charge on any atom is -0.313 e. The molecule has 1 aromatic rings. The highest BCUT2D eigenvalue weighted by molar-refractivity contribution is 9.10. The Morgan fingerprint density at radius 1 is 1.33 bits per heavy atom. The number of nitrogens with one attached hydrogen (secondary N) is 1. The summed E-state index contributed by atoms with van der Waals surface area (Å²) in [7, 11) is -0.921. The first-order valence-corrected chi connectivity index (χ1v) is 8.65. The molecule has 0 fully saturated rings. The van der Waals surface area contributed by atoms with Crippen LogP contribution in [-0.2, 0) is 10.8 Å². The molecule has 0 bridgehead atoms. The molecule has 2 atom stereocenters. The van der Waals surface area contributed by atoms with E-state index < -0.39 is 10.8 Å². The number of benzene rings is 1. The van der Waals surface area contributed by atoms with Gasteiger partial charge in [-0.3, -0.25) is 4.21 Å². The van der Waals surface area contributed by atoms with Crippen LogP contribution in [0, 0.1) is 0 Å². The Hall–Kier alpha value is -0.190. The predicted octanol–water partition coefficient (Wildman–Crippen LogP) is 3.73. The Labute approximate surface area is 121 Å². The molecular formula is C14H22BrNOS. The van der Waals surface area contributed by atoms with Crippen LogP contribution >= 0.6 is 15.9 Å². The van der Waals surface area contributed by atoms with Crippen molar-refractivity contribution in [3.05, 3.63) is 28.7 Å². The van der Waals surface area contributed by atoms with Gasteiger partial charge in [0.05, 0.1) is 10.8 Å². The second-order valence-electron chi connectivity index (χ2n) is 4.41. The average molecular weight is 332 g/mol. The van der Waals surface area contributed by atoms with Crippen LogP contribution in [0.1, 0.15) is 33.1 Å². The molecule has 0 spiro atoms. The molecule has 0 saturated carbocycles. The Kier molecular flexibility index (Phi) is 7.79. The van der Waals surface area contributed by atoms with E-state index in [1.807, 2.05) is 24.3 Å².